The van der Waals surface area contributed by atoms with E-state index in [9.17, 15) is 4.39 Å². The van der Waals surface area contributed by atoms with E-state index in [1.807, 2.05) is 37.3 Å². The quantitative estimate of drug-likeness (QED) is 0.808. The Morgan fingerprint density at radius 1 is 1.28 bits per heavy atom. The Kier molecular flexibility index (Phi) is 4.69. The van der Waals surface area contributed by atoms with E-state index in [2.05, 4.69) is 0 Å². The van der Waals surface area contributed by atoms with Gasteiger partial charge in [0.2, 0.25) is 0 Å². The predicted octanol–water partition coefficient (Wildman–Crippen LogP) is 2.69. The molecule has 4 atom stereocenters. The van der Waals surface area contributed by atoms with Gasteiger partial charge in [0.05, 0.1) is 12.7 Å². The average molecular weight is 254 g/mol. The van der Waals surface area contributed by atoms with Gasteiger partial charge < -0.3 is 14.2 Å². The minimum Gasteiger partial charge on any atom is -0.368 e. The second-order valence-corrected chi connectivity index (χ2v) is 4.39. The van der Waals surface area contributed by atoms with Crippen LogP contribution in [0.4, 0.5) is 4.39 Å². The molecule has 1 aliphatic heterocycles. The largest absolute Gasteiger partial charge is 0.368 e. The fraction of sp³-hybridized carbons (Fsp3) is 0.571. The Morgan fingerprint density at radius 2 is 2.00 bits per heavy atom. The smallest absolute Gasteiger partial charge is 0.191 e. The van der Waals surface area contributed by atoms with Crippen molar-refractivity contribution in [1.82, 2.24) is 0 Å². The molecule has 0 bridgehead atoms. The zero-order valence-electron chi connectivity index (χ0n) is 10.7. The van der Waals surface area contributed by atoms with Gasteiger partial charge >= 0.3 is 0 Å². The van der Waals surface area contributed by atoms with Gasteiger partial charge in [-0.3, -0.25) is 0 Å². The lowest BCUT2D eigenvalue weighted by molar-refractivity contribution is -0.135. The highest BCUT2D eigenvalue weighted by atomic mass is 19.1. The van der Waals surface area contributed by atoms with Crippen molar-refractivity contribution in [2.75, 3.05) is 7.11 Å². The second kappa shape index (κ2) is 6.27. The highest BCUT2D eigenvalue weighted by Crippen LogP contribution is 2.29. The molecule has 0 aliphatic carbocycles. The molecule has 0 saturated carbocycles. The van der Waals surface area contributed by atoms with Gasteiger partial charge in [0, 0.05) is 7.11 Å². The van der Waals surface area contributed by atoms with Crippen LogP contribution in [0.15, 0.2) is 30.3 Å². The van der Waals surface area contributed by atoms with E-state index in [1.165, 1.54) is 7.11 Å². The van der Waals surface area contributed by atoms with Crippen molar-refractivity contribution in [3.8, 4) is 0 Å². The van der Waals surface area contributed by atoms with E-state index in [0.29, 0.717) is 13.0 Å². The molecule has 2 unspecified atom stereocenters. The van der Waals surface area contributed by atoms with Crippen molar-refractivity contribution in [3.63, 3.8) is 0 Å². The Labute approximate surface area is 107 Å². The third-order valence-electron chi connectivity index (χ3n) is 3.17. The molecule has 0 radical (unpaired) electrons. The van der Waals surface area contributed by atoms with Gasteiger partial charge in [-0.15, -0.1) is 0 Å². The van der Waals surface area contributed by atoms with Crippen LogP contribution >= 0.6 is 0 Å². The summed E-state index contributed by atoms with van der Waals surface area (Å²) in [5.41, 5.74) is 1.03. The van der Waals surface area contributed by atoms with Gasteiger partial charge in [-0.05, 0) is 12.0 Å². The molecule has 4 heteroatoms. The van der Waals surface area contributed by atoms with Crippen molar-refractivity contribution in [2.45, 2.75) is 44.6 Å². The van der Waals surface area contributed by atoms with E-state index >= 15 is 0 Å². The average Bonchev–Trinajstić information content (AvgIpc) is 2.73. The molecule has 1 aromatic carbocycles. The van der Waals surface area contributed by atoms with Gasteiger partial charge in [0.1, 0.15) is 6.10 Å². The molecule has 18 heavy (non-hydrogen) atoms. The Morgan fingerprint density at radius 3 is 2.61 bits per heavy atom. The molecule has 0 N–H and O–H groups in total. The monoisotopic (exact) mass is 254 g/mol. The summed E-state index contributed by atoms with van der Waals surface area (Å²) >= 11 is 0. The van der Waals surface area contributed by atoms with E-state index < -0.39 is 18.6 Å². The number of hydrogen-bond acceptors (Lipinski definition) is 3. The van der Waals surface area contributed by atoms with Gasteiger partial charge in [-0.25, -0.2) is 4.39 Å². The van der Waals surface area contributed by atoms with Crippen LogP contribution < -0.4 is 0 Å². The molecule has 1 aliphatic rings. The normalized spacial score (nSPS) is 31.7. The maximum atomic E-state index is 14.0. The Bertz CT molecular complexity index is 355. The van der Waals surface area contributed by atoms with Crippen LogP contribution in [0.5, 0.6) is 0 Å². The molecular weight excluding hydrogens is 235 g/mol. The zero-order valence-corrected chi connectivity index (χ0v) is 10.7. The maximum Gasteiger partial charge on any atom is 0.191 e. The van der Waals surface area contributed by atoms with Gasteiger partial charge in [-0.2, -0.15) is 0 Å². The Balaban J connectivity index is 1.95. The van der Waals surface area contributed by atoms with Crippen LogP contribution in [0.1, 0.15) is 18.9 Å². The first-order valence-electron chi connectivity index (χ1n) is 6.24. The van der Waals surface area contributed by atoms with Crippen LogP contribution in [0.25, 0.3) is 0 Å². The molecular formula is C14H19FO3. The number of rotatable bonds is 5. The van der Waals surface area contributed by atoms with Crippen LogP contribution in [-0.4, -0.2) is 31.8 Å². The standard InChI is InChI=1S/C14H19FO3/c1-3-11-13(12(15)14(16-2)18-11)17-9-10-7-5-4-6-8-10/h4-8,11-14H,3,9H2,1-2H3/t11-,12+,13?,14?/m1/s1. The summed E-state index contributed by atoms with van der Waals surface area (Å²) in [5, 5.41) is 0. The summed E-state index contributed by atoms with van der Waals surface area (Å²) < 4.78 is 30.1. The zero-order chi connectivity index (χ0) is 13.0. The number of halogens is 1. The van der Waals surface area contributed by atoms with E-state index in [4.69, 9.17) is 14.2 Å². The lowest BCUT2D eigenvalue weighted by Gasteiger charge is -2.18. The summed E-state index contributed by atoms with van der Waals surface area (Å²) in [5.74, 6) is 0. The molecule has 2 rings (SSSR count). The van der Waals surface area contributed by atoms with Gasteiger partial charge in [0.25, 0.3) is 0 Å². The molecule has 1 fully saturated rings. The highest BCUT2D eigenvalue weighted by molar-refractivity contribution is 5.13. The highest BCUT2D eigenvalue weighted by Gasteiger charge is 2.45. The third-order valence-corrected chi connectivity index (χ3v) is 3.17. The third kappa shape index (κ3) is 2.88. The molecule has 0 aromatic heterocycles. The summed E-state index contributed by atoms with van der Waals surface area (Å²) in [6.45, 7) is 2.34. The van der Waals surface area contributed by atoms with Crippen LogP contribution in [-0.2, 0) is 20.8 Å². The van der Waals surface area contributed by atoms with Crippen molar-refractivity contribution >= 4 is 0 Å². The number of hydrogen-bond donors (Lipinski definition) is 0. The number of ether oxygens (including phenoxy) is 3. The lowest BCUT2D eigenvalue weighted by Crippen LogP contribution is -2.32. The molecule has 100 valence electrons. The lowest BCUT2D eigenvalue weighted by atomic mass is 10.1. The van der Waals surface area contributed by atoms with Crippen molar-refractivity contribution in [2.24, 2.45) is 0 Å². The predicted molar refractivity (Wildman–Crippen MR) is 65.9 cm³/mol. The maximum absolute atomic E-state index is 14.0. The number of alkyl halides is 1. The Hall–Kier alpha value is -0.970. The van der Waals surface area contributed by atoms with Crippen LogP contribution in [0.2, 0.25) is 0 Å². The summed E-state index contributed by atoms with van der Waals surface area (Å²) in [4.78, 5) is 0. The van der Waals surface area contributed by atoms with Gasteiger partial charge in [0.15, 0.2) is 12.5 Å². The molecule has 3 nitrogen and oxygen atoms in total. The van der Waals surface area contributed by atoms with Crippen LogP contribution in [0, 0.1) is 0 Å². The minimum atomic E-state index is -1.23. The van der Waals surface area contributed by atoms with Gasteiger partial charge in [-0.1, -0.05) is 37.3 Å². The first kappa shape index (κ1) is 13.5. The number of methoxy groups -OCH3 is 1. The summed E-state index contributed by atoms with van der Waals surface area (Å²) in [6, 6.07) is 9.73. The SMILES string of the molecule is CC[C@H]1OC(OC)[C@@H](F)C1OCc1ccccc1. The van der Waals surface area contributed by atoms with Crippen molar-refractivity contribution < 1.29 is 18.6 Å². The second-order valence-electron chi connectivity index (χ2n) is 4.39. The topological polar surface area (TPSA) is 27.7 Å². The summed E-state index contributed by atoms with van der Waals surface area (Å²) in [7, 11) is 1.45. The first-order valence-corrected chi connectivity index (χ1v) is 6.24. The van der Waals surface area contributed by atoms with Crippen LogP contribution in [0.3, 0.4) is 0 Å². The van der Waals surface area contributed by atoms with Crippen molar-refractivity contribution in [3.05, 3.63) is 35.9 Å². The molecule has 1 aromatic rings. The molecule has 0 amide bonds. The molecule has 1 heterocycles. The number of benzene rings is 1. The minimum absolute atomic E-state index is 0.242. The fourth-order valence-corrected chi connectivity index (χ4v) is 2.16. The van der Waals surface area contributed by atoms with Crippen molar-refractivity contribution in [1.29, 1.82) is 0 Å². The molecule has 1 saturated heterocycles. The van der Waals surface area contributed by atoms with E-state index in [1.54, 1.807) is 0 Å². The van der Waals surface area contributed by atoms with E-state index in [0.717, 1.165) is 5.56 Å². The fourth-order valence-electron chi connectivity index (χ4n) is 2.16. The summed E-state index contributed by atoms with van der Waals surface area (Å²) in [6.07, 6.45) is -2.13. The first-order chi connectivity index (χ1) is 8.76. The molecule has 0 spiro atoms. The van der Waals surface area contributed by atoms with E-state index in [-0.39, 0.29) is 6.10 Å².